The van der Waals surface area contributed by atoms with Crippen LogP contribution in [0.15, 0.2) is 84.4 Å². The molecule has 1 heterocycles. The van der Waals surface area contributed by atoms with E-state index in [2.05, 4.69) is 12.1 Å². The molecule has 0 radical (unpaired) electrons. The zero-order valence-corrected chi connectivity index (χ0v) is 16.2. The van der Waals surface area contributed by atoms with Crippen molar-refractivity contribution in [3.05, 3.63) is 95.6 Å². The number of hydrogen-bond acceptors (Lipinski definition) is 4. The maximum absolute atomic E-state index is 12.3. The molecule has 0 aromatic heterocycles. The van der Waals surface area contributed by atoms with Gasteiger partial charge in [-0.25, -0.2) is 4.79 Å². The molecule has 0 saturated carbocycles. The summed E-state index contributed by atoms with van der Waals surface area (Å²) in [7, 11) is 3.16. The summed E-state index contributed by atoms with van der Waals surface area (Å²) >= 11 is 0. The van der Waals surface area contributed by atoms with Gasteiger partial charge in [-0.05, 0) is 41.0 Å². The van der Waals surface area contributed by atoms with Crippen molar-refractivity contribution in [2.24, 2.45) is 0 Å². The second-order valence-corrected chi connectivity index (χ2v) is 6.56. The fourth-order valence-corrected chi connectivity index (χ4v) is 3.21. The van der Waals surface area contributed by atoms with Crippen LogP contribution in [-0.2, 0) is 9.53 Å². The quantitative estimate of drug-likeness (QED) is 0.439. The third-order valence-corrected chi connectivity index (χ3v) is 4.73. The smallest absolute Gasteiger partial charge is 0.343 e. The molecule has 0 aliphatic carbocycles. The molecule has 3 aromatic rings. The van der Waals surface area contributed by atoms with Gasteiger partial charge < -0.3 is 14.2 Å². The number of ether oxygens (including phenoxy) is 3. The highest BCUT2D eigenvalue weighted by Gasteiger charge is 2.22. The minimum atomic E-state index is -0.373. The number of benzene rings is 3. The lowest BCUT2D eigenvalue weighted by atomic mass is 10.0. The van der Waals surface area contributed by atoms with E-state index in [1.54, 1.807) is 32.4 Å². The van der Waals surface area contributed by atoms with Gasteiger partial charge in [0, 0.05) is 5.56 Å². The summed E-state index contributed by atoms with van der Waals surface area (Å²) in [6.45, 7) is 0. The zero-order chi connectivity index (χ0) is 20.2. The Labute approximate surface area is 169 Å². The van der Waals surface area contributed by atoms with Crippen molar-refractivity contribution in [1.82, 2.24) is 0 Å². The number of methoxy groups -OCH3 is 2. The van der Waals surface area contributed by atoms with Gasteiger partial charge in [-0.15, -0.1) is 0 Å². The summed E-state index contributed by atoms with van der Waals surface area (Å²) in [5, 5.41) is 0. The molecule has 3 aromatic carbocycles. The maximum Gasteiger partial charge on any atom is 0.343 e. The fourth-order valence-electron chi connectivity index (χ4n) is 3.21. The number of rotatable bonds is 5. The Balaban J connectivity index is 1.60. The Morgan fingerprint density at radius 2 is 1.41 bits per heavy atom. The van der Waals surface area contributed by atoms with Crippen LogP contribution >= 0.6 is 0 Å². The fraction of sp³-hybridized carbons (Fsp3) is 0.0800. The predicted molar refractivity (Wildman–Crippen MR) is 113 cm³/mol. The van der Waals surface area contributed by atoms with Crippen LogP contribution < -0.4 is 9.47 Å². The highest BCUT2D eigenvalue weighted by atomic mass is 16.5. The van der Waals surface area contributed by atoms with Crippen LogP contribution in [0.25, 0.3) is 23.0 Å². The maximum atomic E-state index is 12.3. The van der Waals surface area contributed by atoms with Gasteiger partial charge in [0.2, 0.25) is 0 Å². The van der Waals surface area contributed by atoms with Gasteiger partial charge in [0.15, 0.2) is 11.5 Å². The van der Waals surface area contributed by atoms with Gasteiger partial charge in [-0.3, -0.25) is 0 Å². The van der Waals surface area contributed by atoms with Crippen LogP contribution in [0.2, 0.25) is 0 Å². The summed E-state index contributed by atoms with van der Waals surface area (Å²) in [5.41, 5.74) is 4.42. The number of carbonyl (C=O) groups is 1. The average molecular weight is 384 g/mol. The first kappa shape index (κ1) is 18.6. The van der Waals surface area contributed by atoms with Crippen LogP contribution in [-0.4, -0.2) is 20.2 Å². The van der Waals surface area contributed by atoms with Crippen molar-refractivity contribution in [2.45, 2.75) is 0 Å². The Hall–Kier alpha value is -3.79. The number of carbonyl (C=O) groups excluding carboxylic acids is 1. The molecule has 0 N–H and O–H groups in total. The third kappa shape index (κ3) is 3.92. The van der Waals surface area contributed by atoms with Gasteiger partial charge in [-0.2, -0.15) is 0 Å². The second kappa shape index (κ2) is 8.07. The SMILES string of the molecule is COc1ccc(/C=C2\C=C(c3ccc(-c4ccccc4)cc3)OC2=O)cc1OC. The largest absolute Gasteiger partial charge is 0.493 e. The Kier molecular flexibility index (Phi) is 5.16. The number of hydrogen-bond donors (Lipinski definition) is 0. The molecule has 1 aliphatic heterocycles. The molecule has 4 heteroatoms. The molecular formula is C25H20O4. The lowest BCUT2D eigenvalue weighted by Gasteiger charge is -2.07. The third-order valence-electron chi connectivity index (χ3n) is 4.73. The highest BCUT2D eigenvalue weighted by Crippen LogP contribution is 2.32. The van der Waals surface area contributed by atoms with Crippen molar-refractivity contribution >= 4 is 17.8 Å². The van der Waals surface area contributed by atoms with Crippen LogP contribution in [0.5, 0.6) is 11.5 Å². The molecule has 4 rings (SSSR count). The van der Waals surface area contributed by atoms with E-state index in [0.717, 1.165) is 22.3 Å². The Morgan fingerprint density at radius 1 is 0.759 bits per heavy atom. The van der Waals surface area contributed by atoms with Crippen LogP contribution in [0.1, 0.15) is 11.1 Å². The summed E-state index contributed by atoms with van der Waals surface area (Å²) < 4.78 is 16.0. The number of esters is 1. The lowest BCUT2D eigenvalue weighted by molar-refractivity contribution is -0.130. The average Bonchev–Trinajstić information content (AvgIpc) is 3.14. The van der Waals surface area contributed by atoms with Gasteiger partial charge in [0.25, 0.3) is 0 Å². The molecule has 1 aliphatic rings. The first-order valence-corrected chi connectivity index (χ1v) is 9.21. The van der Waals surface area contributed by atoms with Crippen LogP contribution in [0, 0.1) is 0 Å². The molecule has 0 bridgehead atoms. The van der Waals surface area contributed by atoms with E-state index in [0.29, 0.717) is 22.8 Å². The van der Waals surface area contributed by atoms with E-state index < -0.39 is 0 Å². The van der Waals surface area contributed by atoms with Crippen molar-refractivity contribution < 1.29 is 19.0 Å². The van der Waals surface area contributed by atoms with E-state index in [4.69, 9.17) is 14.2 Å². The minimum absolute atomic E-state index is 0.373. The van der Waals surface area contributed by atoms with Gasteiger partial charge in [0.1, 0.15) is 5.76 Å². The summed E-state index contributed by atoms with van der Waals surface area (Å²) in [6, 6.07) is 23.6. The molecule has 0 unspecified atom stereocenters. The molecule has 0 spiro atoms. The van der Waals surface area contributed by atoms with Crippen molar-refractivity contribution in [2.75, 3.05) is 14.2 Å². The van der Waals surface area contributed by atoms with Crippen molar-refractivity contribution in [1.29, 1.82) is 0 Å². The van der Waals surface area contributed by atoms with E-state index in [1.807, 2.05) is 54.6 Å². The standard InChI is InChI=1S/C25H20O4/c1-27-22-13-8-17(15-24(22)28-2)14-21-16-23(29-25(21)26)20-11-9-19(10-12-20)18-6-4-3-5-7-18/h3-16H,1-2H3/b21-14+. The molecule has 4 nitrogen and oxygen atoms in total. The second-order valence-electron chi connectivity index (χ2n) is 6.56. The predicted octanol–water partition coefficient (Wildman–Crippen LogP) is 5.35. The van der Waals surface area contributed by atoms with E-state index in [-0.39, 0.29) is 5.97 Å². The van der Waals surface area contributed by atoms with Crippen LogP contribution in [0.4, 0.5) is 0 Å². The number of cyclic esters (lactones) is 1. The van der Waals surface area contributed by atoms with Gasteiger partial charge in [-0.1, -0.05) is 60.7 Å². The molecule has 29 heavy (non-hydrogen) atoms. The van der Waals surface area contributed by atoms with Crippen molar-refractivity contribution in [3.8, 4) is 22.6 Å². The molecule has 0 atom stereocenters. The molecular weight excluding hydrogens is 364 g/mol. The van der Waals surface area contributed by atoms with E-state index >= 15 is 0 Å². The van der Waals surface area contributed by atoms with E-state index in [1.165, 1.54) is 0 Å². The first-order chi connectivity index (χ1) is 14.2. The molecule has 0 fully saturated rings. The zero-order valence-electron chi connectivity index (χ0n) is 16.2. The highest BCUT2D eigenvalue weighted by molar-refractivity contribution is 6.05. The molecule has 144 valence electrons. The topological polar surface area (TPSA) is 44.8 Å². The summed E-state index contributed by atoms with van der Waals surface area (Å²) in [4.78, 5) is 12.3. The van der Waals surface area contributed by atoms with E-state index in [9.17, 15) is 4.79 Å². The molecule has 0 saturated heterocycles. The van der Waals surface area contributed by atoms with Crippen LogP contribution in [0.3, 0.4) is 0 Å². The Bertz CT molecular complexity index is 1090. The van der Waals surface area contributed by atoms with Gasteiger partial charge in [0.05, 0.1) is 19.8 Å². The first-order valence-electron chi connectivity index (χ1n) is 9.21. The van der Waals surface area contributed by atoms with Gasteiger partial charge >= 0.3 is 5.97 Å². The monoisotopic (exact) mass is 384 g/mol. The normalized spacial score (nSPS) is 14.5. The minimum Gasteiger partial charge on any atom is -0.493 e. The van der Waals surface area contributed by atoms with Crippen molar-refractivity contribution in [3.63, 3.8) is 0 Å². The molecule has 0 amide bonds. The lowest BCUT2D eigenvalue weighted by Crippen LogP contribution is -1.97. The summed E-state index contributed by atoms with van der Waals surface area (Å²) in [6.07, 6.45) is 3.53. The Morgan fingerprint density at radius 3 is 2.10 bits per heavy atom. The summed E-state index contributed by atoms with van der Waals surface area (Å²) in [5.74, 6) is 1.41.